The number of nitrogens with one attached hydrogen (secondary N) is 1. The third kappa shape index (κ3) is 2.85. The van der Waals surface area contributed by atoms with Gasteiger partial charge in [-0.15, -0.1) is 0 Å². The van der Waals surface area contributed by atoms with Crippen LogP contribution < -0.4 is 10.1 Å². The number of hydrogen-bond donors (Lipinski definition) is 1. The molecule has 0 radical (unpaired) electrons. The highest BCUT2D eigenvalue weighted by molar-refractivity contribution is 5.45. The highest BCUT2D eigenvalue weighted by Gasteiger charge is 2.32. The fourth-order valence-electron chi connectivity index (χ4n) is 3.64. The number of fused-ring (bicyclic) bond motifs is 1. The van der Waals surface area contributed by atoms with Crippen LogP contribution in [-0.4, -0.2) is 11.1 Å². The van der Waals surface area contributed by atoms with Gasteiger partial charge in [-0.05, 0) is 39.2 Å². The summed E-state index contributed by atoms with van der Waals surface area (Å²) in [7, 11) is 0. The summed E-state index contributed by atoms with van der Waals surface area (Å²) in [6, 6.07) is 6.58. The van der Waals surface area contributed by atoms with Crippen LogP contribution in [0.15, 0.2) is 18.2 Å². The maximum atomic E-state index is 6.16. The standard InChI is InChI=1S/C18H27NO/c1-17(2)12-14-8-7-9-15(16(14)20-17)13-19-18(3)10-5-4-6-11-18/h7-9,19H,4-6,10-13H2,1-3H3. The molecule has 2 aliphatic rings. The summed E-state index contributed by atoms with van der Waals surface area (Å²) in [5, 5.41) is 3.79. The fraction of sp³-hybridized carbons (Fsp3) is 0.667. The molecule has 1 aromatic carbocycles. The van der Waals surface area contributed by atoms with Gasteiger partial charge in [0.1, 0.15) is 11.4 Å². The van der Waals surface area contributed by atoms with E-state index in [1.54, 1.807) is 0 Å². The van der Waals surface area contributed by atoms with Crippen molar-refractivity contribution in [3.63, 3.8) is 0 Å². The number of para-hydroxylation sites is 1. The summed E-state index contributed by atoms with van der Waals surface area (Å²) in [6.45, 7) is 7.65. The summed E-state index contributed by atoms with van der Waals surface area (Å²) in [4.78, 5) is 0. The Morgan fingerprint density at radius 3 is 2.60 bits per heavy atom. The van der Waals surface area contributed by atoms with E-state index in [0.717, 1.165) is 18.7 Å². The Bertz CT molecular complexity index is 486. The minimum Gasteiger partial charge on any atom is -0.487 e. The molecule has 20 heavy (non-hydrogen) atoms. The lowest BCUT2D eigenvalue weighted by molar-refractivity contribution is 0.136. The van der Waals surface area contributed by atoms with Gasteiger partial charge in [-0.3, -0.25) is 0 Å². The zero-order chi connectivity index (χ0) is 14.2. The molecule has 2 heteroatoms. The molecular formula is C18H27NO. The predicted octanol–water partition coefficient (Wildman–Crippen LogP) is 4.21. The topological polar surface area (TPSA) is 21.3 Å². The van der Waals surface area contributed by atoms with Gasteiger partial charge in [0, 0.05) is 24.1 Å². The molecule has 1 saturated carbocycles. The fourth-order valence-corrected chi connectivity index (χ4v) is 3.64. The van der Waals surface area contributed by atoms with Gasteiger partial charge in [0.05, 0.1) is 0 Å². The first kappa shape index (κ1) is 13.9. The number of benzene rings is 1. The van der Waals surface area contributed by atoms with Gasteiger partial charge in [0.15, 0.2) is 0 Å². The molecule has 0 saturated heterocycles. The average Bonchev–Trinajstić information content (AvgIpc) is 2.71. The Labute approximate surface area is 122 Å². The maximum Gasteiger partial charge on any atom is 0.127 e. The second kappa shape index (κ2) is 5.07. The Morgan fingerprint density at radius 1 is 1.10 bits per heavy atom. The summed E-state index contributed by atoms with van der Waals surface area (Å²) in [5.41, 5.74) is 2.95. The van der Waals surface area contributed by atoms with Crippen LogP contribution >= 0.6 is 0 Å². The first-order valence-corrected chi connectivity index (χ1v) is 8.02. The Hall–Kier alpha value is -1.02. The molecule has 0 bridgehead atoms. The first-order chi connectivity index (χ1) is 9.48. The van der Waals surface area contributed by atoms with E-state index in [0.29, 0.717) is 5.54 Å². The lowest BCUT2D eigenvalue weighted by Crippen LogP contribution is -2.43. The second-order valence-electron chi connectivity index (χ2n) is 7.42. The first-order valence-electron chi connectivity index (χ1n) is 8.02. The van der Waals surface area contributed by atoms with Crippen LogP contribution in [0.4, 0.5) is 0 Å². The minimum atomic E-state index is -0.0484. The SMILES string of the molecule is CC1(NCc2cccc3c2OC(C)(C)C3)CCCCC1. The lowest BCUT2D eigenvalue weighted by Gasteiger charge is -2.35. The molecule has 0 aromatic heterocycles. The van der Waals surface area contributed by atoms with Gasteiger partial charge in [-0.25, -0.2) is 0 Å². The van der Waals surface area contributed by atoms with Crippen molar-refractivity contribution in [2.24, 2.45) is 0 Å². The Morgan fingerprint density at radius 2 is 1.85 bits per heavy atom. The van der Waals surface area contributed by atoms with Crippen LogP contribution in [0.1, 0.15) is 64.0 Å². The lowest BCUT2D eigenvalue weighted by atomic mass is 9.83. The van der Waals surface area contributed by atoms with Crippen molar-refractivity contribution < 1.29 is 4.74 Å². The Balaban J connectivity index is 1.72. The smallest absolute Gasteiger partial charge is 0.127 e. The van der Waals surface area contributed by atoms with E-state index in [1.165, 1.54) is 43.2 Å². The molecule has 0 spiro atoms. The largest absolute Gasteiger partial charge is 0.487 e. The molecule has 1 heterocycles. The third-order valence-electron chi connectivity index (χ3n) is 4.84. The summed E-state index contributed by atoms with van der Waals surface area (Å²) in [5.74, 6) is 1.13. The number of rotatable bonds is 3. The van der Waals surface area contributed by atoms with Crippen LogP contribution in [0.3, 0.4) is 0 Å². The van der Waals surface area contributed by atoms with Crippen LogP contribution in [0.2, 0.25) is 0 Å². The summed E-state index contributed by atoms with van der Waals surface area (Å²) in [6.07, 6.45) is 7.74. The molecule has 3 rings (SSSR count). The molecular weight excluding hydrogens is 246 g/mol. The van der Waals surface area contributed by atoms with Crippen molar-refractivity contribution in [2.45, 2.75) is 77.0 Å². The molecule has 0 amide bonds. The zero-order valence-corrected chi connectivity index (χ0v) is 13.1. The van der Waals surface area contributed by atoms with E-state index in [9.17, 15) is 0 Å². The zero-order valence-electron chi connectivity index (χ0n) is 13.1. The molecule has 1 N–H and O–H groups in total. The van der Waals surface area contributed by atoms with Gasteiger partial charge in [0.25, 0.3) is 0 Å². The summed E-state index contributed by atoms with van der Waals surface area (Å²) < 4.78 is 6.16. The third-order valence-corrected chi connectivity index (χ3v) is 4.84. The average molecular weight is 273 g/mol. The molecule has 0 atom stereocenters. The van der Waals surface area contributed by atoms with E-state index in [-0.39, 0.29) is 5.60 Å². The second-order valence-corrected chi connectivity index (χ2v) is 7.42. The highest BCUT2D eigenvalue weighted by Crippen LogP contribution is 2.38. The van der Waals surface area contributed by atoms with Crippen LogP contribution in [0.5, 0.6) is 5.75 Å². The van der Waals surface area contributed by atoms with Crippen LogP contribution in [-0.2, 0) is 13.0 Å². The van der Waals surface area contributed by atoms with Gasteiger partial charge in [-0.2, -0.15) is 0 Å². The molecule has 1 aromatic rings. The van der Waals surface area contributed by atoms with Crippen molar-refractivity contribution in [3.05, 3.63) is 29.3 Å². The van der Waals surface area contributed by atoms with Crippen molar-refractivity contribution in [1.82, 2.24) is 5.32 Å². The van der Waals surface area contributed by atoms with Gasteiger partial charge < -0.3 is 10.1 Å². The van der Waals surface area contributed by atoms with E-state index in [2.05, 4.69) is 44.3 Å². The quantitative estimate of drug-likeness (QED) is 0.890. The molecule has 0 unspecified atom stereocenters. The molecule has 110 valence electrons. The van der Waals surface area contributed by atoms with Crippen molar-refractivity contribution >= 4 is 0 Å². The molecule has 1 fully saturated rings. The normalized spacial score (nSPS) is 23.1. The van der Waals surface area contributed by atoms with Crippen molar-refractivity contribution in [1.29, 1.82) is 0 Å². The number of ether oxygens (including phenoxy) is 1. The van der Waals surface area contributed by atoms with E-state index < -0.39 is 0 Å². The number of hydrogen-bond acceptors (Lipinski definition) is 2. The maximum absolute atomic E-state index is 6.16. The van der Waals surface area contributed by atoms with E-state index in [4.69, 9.17) is 4.74 Å². The van der Waals surface area contributed by atoms with Crippen LogP contribution in [0.25, 0.3) is 0 Å². The molecule has 1 aliphatic heterocycles. The molecule has 2 nitrogen and oxygen atoms in total. The van der Waals surface area contributed by atoms with Crippen LogP contribution in [0, 0.1) is 0 Å². The Kier molecular flexibility index (Phi) is 3.53. The van der Waals surface area contributed by atoms with Gasteiger partial charge >= 0.3 is 0 Å². The monoisotopic (exact) mass is 273 g/mol. The van der Waals surface area contributed by atoms with Gasteiger partial charge in [-0.1, -0.05) is 37.5 Å². The van der Waals surface area contributed by atoms with Crippen molar-refractivity contribution in [2.75, 3.05) is 0 Å². The molecule has 1 aliphatic carbocycles. The van der Waals surface area contributed by atoms with E-state index >= 15 is 0 Å². The van der Waals surface area contributed by atoms with E-state index in [1.807, 2.05) is 0 Å². The predicted molar refractivity (Wildman–Crippen MR) is 83.2 cm³/mol. The minimum absolute atomic E-state index is 0.0484. The summed E-state index contributed by atoms with van der Waals surface area (Å²) >= 11 is 0. The van der Waals surface area contributed by atoms with Crippen molar-refractivity contribution in [3.8, 4) is 5.75 Å². The highest BCUT2D eigenvalue weighted by atomic mass is 16.5. The van der Waals surface area contributed by atoms with Gasteiger partial charge in [0.2, 0.25) is 0 Å².